The number of carbonyl (C=O) groups excluding carboxylic acids is 3. The number of hydrogen-bond donors (Lipinski definition) is 5. The van der Waals surface area contributed by atoms with Crippen LogP contribution >= 0.6 is 27.7 Å². The molecule has 2 amide bonds. The molecule has 0 heterocycles. The van der Waals surface area contributed by atoms with Gasteiger partial charge in [0.15, 0.2) is 0 Å². The molecule has 3 unspecified atom stereocenters. The van der Waals surface area contributed by atoms with Gasteiger partial charge in [0.25, 0.3) is 6.02 Å². The lowest BCUT2D eigenvalue weighted by Gasteiger charge is -2.00. The highest BCUT2D eigenvalue weighted by molar-refractivity contribution is 7.39. The summed E-state index contributed by atoms with van der Waals surface area (Å²) in [5.74, 6) is 0. The van der Waals surface area contributed by atoms with Crippen molar-refractivity contribution in [2.45, 2.75) is 6.92 Å². The second-order valence-electron chi connectivity index (χ2n) is 3.79. The second-order valence-corrected chi connectivity index (χ2v) is 5.57. The van der Waals surface area contributed by atoms with Crippen LogP contribution in [0.15, 0.2) is 15.0 Å². The topological polar surface area (TPSA) is 191 Å². The van der Waals surface area contributed by atoms with E-state index in [2.05, 4.69) is 35.7 Å². The Morgan fingerprint density at radius 1 is 0.839 bits per heavy atom. The van der Waals surface area contributed by atoms with Crippen LogP contribution in [0.25, 0.3) is 0 Å². The van der Waals surface area contributed by atoms with Crippen molar-refractivity contribution in [2.75, 3.05) is 49.4 Å². The van der Waals surface area contributed by atoms with Gasteiger partial charge in [-0.15, -0.1) is 0 Å². The van der Waals surface area contributed by atoms with Crippen LogP contribution in [0.4, 0.5) is 14.4 Å². The summed E-state index contributed by atoms with van der Waals surface area (Å²) in [6, 6.07) is 0.0602. The lowest BCUT2D eigenvalue weighted by Crippen LogP contribution is -2.28. The quantitative estimate of drug-likeness (QED) is 0.195. The lowest BCUT2D eigenvalue weighted by molar-refractivity contribution is -0.109. The average molecular weight is 506 g/mol. The molecule has 0 fully saturated rings. The van der Waals surface area contributed by atoms with Crippen LogP contribution in [-0.4, -0.2) is 101 Å². The van der Waals surface area contributed by atoms with Crippen molar-refractivity contribution in [3.8, 4) is 0 Å². The molecule has 184 valence electrons. The molecule has 0 rings (SSSR count). The summed E-state index contributed by atoms with van der Waals surface area (Å²) in [4.78, 5) is 49.4. The molecule has 0 aliphatic carbocycles. The fraction of sp³-hybridized carbons (Fsp3) is 0.533. The normalized spacial score (nSPS) is 8.58. The van der Waals surface area contributed by atoms with E-state index in [-0.39, 0.29) is 17.6 Å². The Kier molecular flexibility index (Phi) is 58.3. The number of amidine groups is 1. The van der Waals surface area contributed by atoms with Crippen molar-refractivity contribution in [1.82, 2.24) is 16.0 Å². The minimum atomic E-state index is -0.917. The minimum Gasteiger partial charge on any atom is -0.479 e. The summed E-state index contributed by atoms with van der Waals surface area (Å²) in [5, 5.41) is 21.7. The zero-order chi connectivity index (χ0) is 26.3. The monoisotopic (exact) mass is 506 g/mol. The first-order valence-corrected chi connectivity index (χ1v) is 9.66. The summed E-state index contributed by atoms with van der Waals surface area (Å²) in [6.07, 6.45) is 3.28. The smallest absolute Gasteiger partial charge is 0.327 e. The number of hydrogen-bond acceptors (Lipinski definition) is 9. The Labute approximate surface area is 191 Å². The predicted molar refractivity (Wildman–Crippen MR) is 137 cm³/mol. The van der Waals surface area contributed by atoms with Crippen molar-refractivity contribution >= 4 is 69.1 Å². The summed E-state index contributed by atoms with van der Waals surface area (Å²) in [7, 11) is 16.2. The maximum atomic E-state index is 10.2. The number of ether oxygens (including phenoxy) is 1. The van der Waals surface area contributed by atoms with E-state index in [0.29, 0.717) is 0 Å². The van der Waals surface area contributed by atoms with Gasteiger partial charge in [-0.2, -0.15) is 0 Å². The Morgan fingerprint density at radius 3 is 1.19 bits per heavy atom. The van der Waals surface area contributed by atoms with Crippen molar-refractivity contribution < 1.29 is 34.1 Å². The van der Waals surface area contributed by atoms with Gasteiger partial charge in [-0.1, -0.05) is 9.24 Å². The van der Waals surface area contributed by atoms with Crippen LogP contribution in [0.5, 0.6) is 0 Å². The third kappa shape index (κ3) is 112. The molecule has 0 saturated carbocycles. The fourth-order valence-corrected chi connectivity index (χ4v) is 0.674. The Bertz CT molecular complexity index is 497. The molecule has 0 aromatic carbocycles. The van der Waals surface area contributed by atoms with Gasteiger partial charge in [0.1, 0.15) is 5.52 Å². The van der Waals surface area contributed by atoms with Gasteiger partial charge in [-0.3, -0.25) is 14.8 Å². The summed E-state index contributed by atoms with van der Waals surface area (Å²) in [5.41, 5.74) is -1.29. The summed E-state index contributed by atoms with van der Waals surface area (Å²) >= 11 is 0. The maximum Gasteiger partial charge on any atom is 0.327 e. The number of aliphatic hydroxyl groups excluding tert-OH is 1. The summed E-state index contributed by atoms with van der Waals surface area (Å²) < 4.78 is 4.51. The van der Waals surface area contributed by atoms with Crippen LogP contribution < -0.4 is 16.0 Å². The van der Waals surface area contributed by atoms with E-state index in [0.717, 1.165) is 7.11 Å². The molecule has 0 aliphatic heterocycles. The maximum absolute atomic E-state index is 10.2. The predicted octanol–water partition coefficient (Wildman–Crippen LogP) is 0.692. The SMILES string of the molecule is CC(=O)P.CN=C(NC)OC(=O)P.CN=CC=NC.CNC(=O)NC.CO.O=C(O)P. The molecular weight excluding hydrogens is 469 g/mol. The highest BCUT2D eigenvalue weighted by Gasteiger charge is 1.96. The third-order valence-electron chi connectivity index (χ3n) is 1.43. The average Bonchev–Trinajstić information content (AvgIpc) is 2.71. The second kappa shape index (κ2) is 42.1. The third-order valence-corrected chi connectivity index (χ3v) is 1.55. The zero-order valence-corrected chi connectivity index (χ0v) is 22.6. The Hall–Kier alpha value is -2.06. The van der Waals surface area contributed by atoms with Crippen LogP contribution in [-0.2, 0) is 9.53 Å². The van der Waals surface area contributed by atoms with Crippen molar-refractivity contribution in [3.63, 3.8) is 0 Å². The van der Waals surface area contributed by atoms with E-state index in [1.807, 2.05) is 18.5 Å². The number of nitrogens with one attached hydrogen (secondary N) is 3. The van der Waals surface area contributed by atoms with Crippen LogP contribution in [0.2, 0.25) is 0 Å². The molecule has 0 aromatic heterocycles. The number of amides is 2. The molecule has 5 N–H and O–H groups in total. The van der Waals surface area contributed by atoms with Gasteiger partial charge >= 0.3 is 17.5 Å². The van der Waals surface area contributed by atoms with E-state index >= 15 is 0 Å². The number of carbonyl (C=O) groups is 4. The first-order valence-electron chi connectivity index (χ1n) is 7.93. The number of rotatable bonds is 1. The van der Waals surface area contributed by atoms with Crippen molar-refractivity contribution in [1.29, 1.82) is 0 Å². The first kappa shape index (κ1) is 42.9. The molecule has 13 nitrogen and oxygen atoms in total. The lowest BCUT2D eigenvalue weighted by atomic mass is 10.8. The molecule has 0 aliphatic rings. The molecule has 0 aromatic rings. The number of urea groups is 1. The van der Waals surface area contributed by atoms with E-state index in [9.17, 15) is 14.4 Å². The number of carboxylic acid groups (broad SMARTS) is 1. The minimum absolute atomic E-state index is 0.0833. The van der Waals surface area contributed by atoms with Gasteiger partial charge in [0.2, 0.25) is 0 Å². The Morgan fingerprint density at radius 2 is 1.13 bits per heavy atom. The van der Waals surface area contributed by atoms with E-state index in [1.54, 1.807) is 56.9 Å². The molecule has 0 saturated heterocycles. The molecule has 0 spiro atoms. The molecule has 3 atom stereocenters. The molecule has 16 heteroatoms. The standard InChI is InChI=1S/C4H9N2O2P.C4H8N2.C3H8N2O.C2H5OP.CH3O2P.CH4O/c1-5-3(6-2)8-4(7)9;1-5-3-4-6-2;1-4-3(6)5-2;1-2(3)4;2-1(3)4;1-2/h9H2,1-2H3,(H,5,6);3-4H,1-2H3;1-2H3,(H2,4,5,6);4H2,1H3;4H2,(H,2,3);2H,1H3. The molecule has 0 radical (unpaired) electrons. The highest BCUT2D eigenvalue weighted by atomic mass is 31.0. The highest BCUT2D eigenvalue weighted by Crippen LogP contribution is 1.90. The largest absolute Gasteiger partial charge is 0.479 e. The van der Waals surface area contributed by atoms with Crippen molar-refractivity contribution in [2.24, 2.45) is 15.0 Å². The zero-order valence-electron chi connectivity index (χ0n) is 19.2. The van der Waals surface area contributed by atoms with Crippen LogP contribution in [0, 0.1) is 0 Å². The van der Waals surface area contributed by atoms with E-state index < -0.39 is 11.4 Å². The summed E-state index contributed by atoms with van der Waals surface area (Å²) in [6.45, 7) is 1.49. The Balaban J connectivity index is -0.0000000638. The fourth-order valence-electron chi connectivity index (χ4n) is 0.562. The molecule has 31 heavy (non-hydrogen) atoms. The van der Waals surface area contributed by atoms with Crippen LogP contribution in [0.3, 0.4) is 0 Å². The molecule has 0 bridgehead atoms. The molecular formula is C15H37N6O7P3. The van der Waals surface area contributed by atoms with Gasteiger partial charge in [0.05, 0.1) is 0 Å². The first-order chi connectivity index (χ1) is 14.4. The van der Waals surface area contributed by atoms with Crippen molar-refractivity contribution in [3.05, 3.63) is 0 Å². The van der Waals surface area contributed by atoms with Gasteiger partial charge in [0, 0.05) is 61.8 Å². The van der Waals surface area contributed by atoms with Gasteiger partial charge < -0.3 is 30.9 Å². The van der Waals surface area contributed by atoms with Gasteiger partial charge in [-0.25, -0.2) is 19.4 Å². The number of aliphatic imine (C=N–C) groups is 3. The number of aliphatic hydroxyl groups is 1. The van der Waals surface area contributed by atoms with E-state index in [4.69, 9.17) is 15.0 Å². The van der Waals surface area contributed by atoms with Gasteiger partial charge in [-0.05, 0) is 25.4 Å². The van der Waals surface area contributed by atoms with Crippen LogP contribution in [0.1, 0.15) is 6.92 Å². The number of nitrogens with zero attached hydrogens (tertiary/aromatic N) is 3. The van der Waals surface area contributed by atoms with E-state index in [1.165, 1.54) is 14.0 Å².